The number of hydrogen-bond acceptors (Lipinski definition) is 2. The SMILES string of the molecule is CCO[CH]([Na])CS. The van der Waals surface area contributed by atoms with Crippen LogP contribution in [0.4, 0.5) is 0 Å². The van der Waals surface area contributed by atoms with Gasteiger partial charge in [0.25, 0.3) is 0 Å². The molecule has 0 rings (SSSR count). The molecule has 0 aromatic heterocycles. The van der Waals surface area contributed by atoms with Crippen molar-refractivity contribution < 1.29 is 4.74 Å². The van der Waals surface area contributed by atoms with Gasteiger partial charge in [0, 0.05) is 0 Å². The van der Waals surface area contributed by atoms with Gasteiger partial charge < -0.3 is 0 Å². The fourth-order valence-electron chi connectivity index (χ4n) is 0.337. The molecule has 0 spiro atoms. The first-order chi connectivity index (χ1) is 3.31. The summed E-state index contributed by atoms with van der Waals surface area (Å²) in [4.78, 5) is 0. The van der Waals surface area contributed by atoms with Crippen LogP contribution in [0.1, 0.15) is 6.92 Å². The van der Waals surface area contributed by atoms with Crippen LogP contribution in [0.2, 0.25) is 0 Å². The van der Waals surface area contributed by atoms with E-state index in [-0.39, 0.29) is 0 Å². The molecule has 0 amide bonds. The van der Waals surface area contributed by atoms with E-state index in [0.29, 0.717) is 3.35 Å². The topological polar surface area (TPSA) is 9.23 Å². The Morgan fingerprint density at radius 1 is 1.86 bits per heavy atom. The van der Waals surface area contributed by atoms with Gasteiger partial charge in [-0.1, -0.05) is 0 Å². The predicted molar refractivity (Wildman–Crippen MR) is 35.0 cm³/mol. The third-order valence-electron chi connectivity index (χ3n) is 0.708. The molecule has 3 heteroatoms. The maximum absolute atomic E-state index is 5.18. The minimum absolute atomic E-state index is 0.452. The predicted octanol–water partition coefficient (Wildman–Crippen LogP) is 0.447. The van der Waals surface area contributed by atoms with Crippen LogP contribution >= 0.6 is 12.6 Å². The summed E-state index contributed by atoms with van der Waals surface area (Å²) in [7, 11) is 0. The van der Waals surface area contributed by atoms with E-state index in [4.69, 9.17) is 4.74 Å². The summed E-state index contributed by atoms with van der Waals surface area (Å²) in [5, 5.41) is 0. The zero-order chi connectivity index (χ0) is 5.70. The molecule has 1 unspecified atom stereocenters. The summed E-state index contributed by atoms with van der Waals surface area (Å²) in [6, 6.07) is 0. The summed E-state index contributed by atoms with van der Waals surface area (Å²) in [6.45, 7) is 2.84. The van der Waals surface area contributed by atoms with Crippen LogP contribution < -0.4 is 0 Å². The molecule has 0 aliphatic carbocycles. The number of thiol groups is 1. The first-order valence-electron chi connectivity index (χ1n) is 2.53. The first kappa shape index (κ1) is 8.31. The first-order valence-corrected chi connectivity index (χ1v) is 4.32. The van der Waals surface area contributed by atoms with Crippen molar-refractivity contribution in [2.24, 2.45) is 0 Å². The fourth-order valence-corrected chi connectivity index (χ4v) is 0.776. The molecular weight excluding hydrogens is 119 g/mol. The Bertz CT molecular complexity index is 42.7. The third-order valence-corrected chi connectivity index (χ3v) is 2.65. The standard InChI is InChI=1S/C4H9OS.Na/c1-2-5-3-4-6;/h3,6H,2,4H2,1H3;. The zero-order valence-corrected chi connectivity index (χ0v) is 7.74. The molecule has 0 bridgehead atoms. The van der Waals surface area contributed by atoms with Crippen LogP contribution in [-0.4, -0.2) is 43.6 Å². The molecule has 0 saturated heterocycles. The molecule has 0 aromatic carbocycles. The second-order valence-electron chi connectivity index (χ2n) is 1.45. The molecule has 0 heterocycles. The Hall–Kier alpha value is 1.31. The third kappa shape index (κ3) is 5.18. The second kappa shape index (κ2) is 5.45. The Kier molecular flexibility index (Phi) is 6.47. The van der Waals surface area contributed by atoms with Crippen molar-refractivity contribution in [1.29, 1.82) is 0 Å². The molecule has 0 aromatic rings. The van der Waals surface area contributed by atoms with E-state index in [0.717, 1.165) is 40.3 Å². The molecule has 1 atom stereocenters. The molecule has 0 fully saturated rings. The van der Waals surface area contributed by atoms with Crippen molar-refractivity contribution in [2.45, 2.75) is 10.3 Å². The quantitative estimate of drug-likeness (QED) is 0.429. The molecule has 0 saturated carbocycles. The van der Waals surface area contributed by atoms with Gasteiger partial charge in [-0.3, -0.25) is 0 Å². The zero-order valence-electron chi connectivity index (χ0n) is 4.85. The Morgan fingerprint density at radius 3 is 2.57 bits per heavy atom. The summed E-state index contributed by atoms with van der Waals surface area (Å²) in [5.41, 5.74) is 0. The van der Waals surface area contributed by atoms with Crippen molar-refractivity contribution in [3.8, 4) is 0 Å². The van der Waals surface area contributed by atoms with Gasteiger partial charge in [-0.15, -0.1) is 0 Å². The van der Waals surface area contributed by atoms with Crippen LogP contribution in [0, 0.1) is 0 Å². The van der Waals surface area contributed by atoms with Gasteiger partial charge in [0.2, 0.25) is 0 Å². The molecule has 0 aliphatic heterocycles. The van der Waals surface area contributed by atoms with Crippen LogP contribution in [0.25, 0.3) is 0 Å². The summed E-state index contributed by atoms with van der Waals surface area (Å²) in [5.74, 6) is 0.875. The van der Waals surface area contributed by atoms with E-state index in [9.17, 15) is 0 Å². The van der Waals surface area contributed by atoms with Crippen LogP contribution in [0.15, 0.2) is 0 Å². The number of rotatable bonds is 3. The molecule has 0 aliphatic rings. The Labute approximate surface area is 67.6 Å². The molecule has 38 valence electrons. The van der Waals surface area contributed by atoms with Gasteiger partial charge in [-0.05, 0) is 0 Å². The second-order valence-corrected chi connectivity index (χ2v) is 3.10. The van der Waals surface area contributed by atoms with Gasteiger partial charge >= 0.3 is 67.9 Å². The van der Waals surface area contributed by atoms with Crippen molar-refractivity contribution in [3.05, 3.63) is 0 Å². The van der Waals surface area contributed by atoms with Crippen molar-refractivity contribution in [2.75, 3.05) is 12.4 Å². The van der Waals surface area contributed by atoms with E-state index in [1.807, 2.05) is 6.92 Å². The molecule has 1 nitrogen and oxygen atoms in total. The molecular formula is C4H9NaOS. The Balaban J connectivity index is 2.83. The Morgan fingerprint density at radius 2 is 2.43 bits per heavy atom. The normalized spacial score (nSPS) is 14.3. The van der Waals surface area contributed by atoms with E-state index in [2.05, 4.69) is 12.6 Å². The fraction of sp³-hybridized carbons (Fsp3) is 1.00. The van der Waals surface area contributed by atoms with Crippen LogP contribution in [0.5, 0.6) is 0 Å². The van der Waals surface area contributed by atoms with Crippen molar-refractivity contribution >= 4 is 40.6 Å². The van der Waals surface area contributed by atoms with Gasteiger partial charge in [-0.2, -0.15) is 0 Å². The summed E-state index contributed by atoms with van der Waals surface area (Å²) in [6.07, 6.45) is 0. The van der Waals surface area contributed by atoms with E-state index < -0.39 is 0 Å². The minimum atomic E-state index is 0.452. The summed E-state index contributed by atoms with van der Waals surface area (Å²) >= 11 is 5.16. The van der Waals surface area contributed by atoms with Crippen LogP contribution in [0.3, 0.4) is 0 Å². The number of ether oxygens (including phenoxy) is 1. The van der Waals surface area contributed by atoms with Gasteiger partial charge in [-0.25, -0.2) is 0 Å². The van der Waals surface area contributed by atoms with E-state index in [1.54, 1.807) is 0 Å². The van der Waals surface area contributed by atoms with E-state index in [1.165, 1.54) is 0 Å². The van der Waals surface area contributed by atoms with Gasteiger partial charge in [0.1, 0.15) is 0 Å². The average molecular weight is 128 g/mol. The van der Waals surface area contributed by atoms with E-state index >= 15 is 0 Å². The van der Waals surface area contributed by atoms with Crippen molar-refractivity contribution in [1.82, 2.24) is 0 Å². The van der Waals surface area contributed by atoms with Gasteiger partial charge in [0.05, 0.1) is 0 Å². The molecule has 7 heavy (non-hydrogen) atoms. The van der Waals surface area contributed by atoms with Crippen LogP contribution in [-0.2, 0) is 4.74 Å². The van der Waals surface area contributed by atoms with Crippen molar-refractivity contribution in [3.63, 3.8) is 0 Å². The maximum atomic E-state index is 5.18. The van der Waals surface area contributed by atoms with Gasteiger partial charge in [0.15, 0.2) is 0 Å². The molecule has 0 N–H and O–H groups in total. The molecule has 0 radical (unpaired) electrons. The number of hydrogen-bond donors (Lipinski definition) is 1. The monoisotopic (exact) mass is 128 g/mol. The summed E-state index contributed by atoms with van der Waals surface area (Å²) < 4.78 is 5.63. The average Bonchev–Trinajstić information content (AvgIpc) is 1.68.